The van der Waals surface area contributed by atoms with E-state index in [1.54, 1.807) is 14.2 Å². The second-order valence-electron chi connectivity index (χ2n) is 6.97. The highest BCUT2D eigenvalue weighted by atomic mass is 16.5. The van der Waals surface area contributed by atoms with Gasteiger partial charge in [0.1, 0.15) is 11.5 Å². The Morgan fingerprint density at radius 2 is 1.10 bits per heavy atom. The van der Waals surface area contributed by atoms with Crippen LogP contribution in [0.25, 0.3) is 5.57 Å². The Kier molecular flexibility index (Phi) is 5.66. The molecular weight excluding hydrogens is 376 g/mol. The van der Waals surface area contributed by atoms with E-state index < -0.39 is 0 Å². The van der Waals surface area contributed by atoms with Crippen molar-refractivity contribution in [3.8, 4) is 11.5 Å². The molecule has 152 valence electrons. The molecule has 6 heteroatoms. The first-order chi connectivity index (χ1) is 14.6. The van der Waals surface area contributed by atoms with Crippen LogP contribution in [0.3, 0.4) is 0 Å². The van der Waals surface area contributed by atoms with E-state index in [1.807, 2.05) is 82.4 Å². The Hall–Kier alpha value is -3.80. The fourth-order valence-electron chi connectivity index (χ4n) is 3.19. The van der Waals surface area contributed by atoms with E-state index in [2.05, 4.69) is 16.8 Å². The highest BCUT2D eigenvalue weighted by Crippen LogP contribution is 2.20. The van der Waals surface area contributed by atoms with Gasteiger partial charge in [0.15, 0.2) is 0 Å². The summed E-state index contributed by atoms with van der Waals surface area (Å²) in [4.78, 5) is 0. The molecule has 0 aliphatic carbocycles. The fraction of sp³-hybridized carbons (Fsp3) is 0.167. The number of benzene rings is 2. The van der Waals surface area contributed by atoms with Crippen molar-refractivity contribution >= 4 is 5.57 Å². The molecule has 4 aromatic rings. The standard InChI is InChI=1S/C24H24N4O2/c1-18(23-12-14-27(25-23)16-19-4-8-21(29-2)9-5-19)24-13-15-28(26-24)17-20-6-10-22(30-3)11-7-20/h4-15H,1,16-17H2,2-3H3. The van der Waals surface area contributed by atoms with Crippen molar-refractivity contribution in [2.75, 3.05) is 14.2 Å². The fourth-order valence-corrected chi connectivity index (χ4v) is 3.19. The molecule has 0 atom stereocenters. The summed E-state index contributed by atoms with van der Waals surface area (Å²) in [6.45, 7) is 5.56. The van der Waals surface area contributed by atoms with Crippen LogP contribution < -0.4 is 9.47 Å². The van der Waals surface area contributed by atoms with E-state index in [-0.39, 0.29) is 0 Å². The first-order valence-corrected chi connectivity index (χ1v) is 9.67. The summed E-state index contributed by atoms with van der Waals surface area (Å²) >= 11 is 0. The number of nitrogens with zero attached hydrogens (tertiary/aromatic N) is 4. The Bertz CT molecular complexity index is 1030. The molecule has 30 heavy (non-hydrogen) atoms. The van der Waals surface area contributed by atoms with E-state index in [4.69, 9.17) is 9.47 Å². The molecule has 0 spiro atoms. The normalized spacial score (nSPS) is 10.7. The van der Waals surface area contributed by atoms with Crippen molar-refractivity contribution in [2.45, 2.75) is 13.1 Å². The minimum Gasteiger partial charge on any atom is -0.497 e. The van der Waals surface area contributed by atoms with E-state index in [9.17, 15) is 0 Å². The van der Waals surface area contributed by atoms with Crippen molar-refractivity contribution in [3.63, 3.8) is 0 Å². The van der Waals surface area contributed by atoms with Crippen molar-refractivity contribution in [3.05, 3.63) is 102 Å². The smallest absolute Gasteiger partial charge is 0.118 e. The van der Waals surface area contributed by atoms with Gasteiger partial charge in [-0.3, -0.25) is 9.36 Å². The van der Waals surface area contributed by atoms with E-state index in [0.717, 1.165) is 39.6 Å². The maximum Gasteiger partial charge on any atom is 0.118 e. The second-order valence-corrected chi connectivity index (χ2v) is 6.97. The molecular formula is C24H24N4O2. The SMILES string of the molecule is C=C(c1ccn(Cc2ccc(OC)cc2)n1)c1ccn(Cc2ccc(OC)cc2)n1. The number of aromatic nitrogens is 4. The first kappa shape index (κ1) is 19.5. The maximum absolute atomic E-state index is 5.21. The monoisotopic (exact) mass is 400 g/mol. The van der Waals surface area contributed by atoms with Crippen molar-refractivity contribution in [2.24, 2.45) is 0 Å². The summed E-state index contributed by atoms with van der Waals surface area (Å²) in [6.07, 6.45) is 3.91. The average Bonchev–Trinajstić information content (AvgIpc) is 3.44. The predicted molar refractivity (Wildman–Crippen MR) is 117 cm³/mol. The van der Waals surface area contributed by atoms with Crippen molar-refractivity contribution < 1.29 is 9.47 Å². The van der Waals surface area contributed by atoms with Crippen LogP contribution in [-0.2, 0) is 13.1 Å². The summed E-state index contributed by atoms with van der Waals surface area (Å²) in [6, 6.07) is 19.9. The van der Waals surface area contributed by atoms with E-state index in [1.165, 1.54) is 0 Å². The van der Waals surface area contributed by atoms with Crippen LogP contribution >= 0.6 is 0 Å². The topological polar surface area (TPSA) is 54.1 Å². The molecule has 2 aromatic heterocycles. The molecule has 6 nitrogen and oxygen atoms in total. The lowest BCUT2D eigenvalue weighted by atomic mass is 10.1. The zero-order chi connectivity index (χ0) is 20.9. The molecule has 2 aromatic carbocycles. The molecule has 0 saturated carbocycles. The largest absolute Gasteiger partial charge is 0.497 e. The van der Waals surface area contributed by atoms with Gasteiger partial charge in [0.2, 0.25) is 0 Å². The molecule has 0 radical (unpaired) electrons. The molecule has 0 aliphatic heterocycles. The van der Waals surface area contributed by atoms with Crippen LogP contribution in [0.4, 0.5) is 0 Å². The highest BCUT2D eigenvalue weighted by molar-refractivity contribution is 5.73. The number of ether oxygens (including phenoxy) is 2. The Morgan fingerprint density at radius 3 is 1.47 bits per heavy atom. The van der Waals surface area contributed by atoms with E-state index in [0.29, 0.717) is 13.1 Å². The van der Waals surface area contributed by atoms with Crippen molar-refractivity contribution in [1.29, 1.82) is 0 Å². The molecule has 2 heterocycles. The van der Waals surface area contributed by atoms with Crippen LogP contribution in [0.15, 0.2) is 79.6 Å². The van der Waals surface area contributed by atoms with Crippen LogP contribution in [-0.4, -0.2) is 33.8 Å². The van der Waals surface area contributed by atoms with Crippen LogP contribution in [0.5, 0.6) is 11.5 Å². The lowest BCUT2D eigenvalue weighted by Gasteiger charge is -2.05. The van der Waals surface area contributed by atoms with Crippen LogP contribution in [0, 0.1) is 0 Å². The van der Waals surface area contributed by atoms with Gasteiger partial charge in [0.05, 0.1) is 38.7 Å². The second kappa shape index (κ2) is 8.69. The first-order valence-electron chi connectivity index (χ1n) is 9.67. The van der Waals surface area contributed by atoms with Gasteiger partial charge in [-0.05, 0) is 47.5 Å². The minimum absolute atomic E-state index is 0.684. The molecule has 4 rings (SSSR count). The van der Waals surface area contributed by atoms with Crippen molar-refractivity contribution in [1.82, 2.24) is 19.6 Å². The van der Waals surface area contributed by atoms with Gasteiger partial charge < -0.3 is 9.47 Å². The molecule has 0 aliphatic rings. The Balaban J connectivity index is 1.42. The summed E-state index contributed by atoms with van der Waals surface area (Å²) < 4.78 is 14.2. The van der Waals surface area contributed by atoms with Crippen LogP contribution in [0.2, 0.25) is 0 Å². The lowest BCUT2D eigenvalue weighted by Crippen LogP contribution is -2.02. The summed E-state index contributed by atoms with van der Waals surface area (Å²) in [5.41, 5.74) is 4.74. The number of rotatable bonds is 8. The summed E-state index contributed by atoms with van der Waals surface area (Å²) in [5.74, 6) is 1.69. The molecule has 0 bridgehead atoms. The molecule has 0 fully saturated rings. The third-order valence-corrected chi connectivity index (χ3v) is 4.91. The summed E-state index contributed by atoms with van der Waals surface area (Å²) in [5, 5.41) is 9.32. The van der Waals surface area contributed by atoms with Gasteiger partial charge >= 0.3 is 0 Å². The third-order valence-electron chi connectivity index (χ3n) is 4.91. The lowest BCUT2D eigenvalue weighted by molar-refractivity contribution is 0.414. The zero-order valence-corrected chi connectivity index (χ0v) is 17.2. The molecule has 0 saturated heterocycles. The van der Waals surface area contributed by atoms with Gasteiger partial charge in [-0.2, -0.15) is 10.2 Å². The maximum atomic E-state index is 5.21. The Labute approximate surface area is 176 Å². The third kappa shape index (κ3) is 4.43. The molecule has 0 unspecified atom stereocenters. The molecule has 0 N–H and O–H groups in total. The van der Waals surface area contributed by atoms with Crippen LogP contribution in [0.1, 0.15) is 22.5 Å². The quantitative estimate of drug-likeness (QED) is 0.444. The number of hydrogen-bond donors (Lipinski definition) is 0. The van der Waals surface area contributed by atoms with Gasteiger partial charge in [0.25, 0.3) is 0 Å². The van der Waals surface area contributed by atoms with Gasteiger partial charge in [-0.25, -0.2) is 0 Å². The van der Waals surface area contributed by atoms with Gasteiger partial charge in [-0.1, -0.05) is 30.8 Å². The van der Waals surface area contributed by atoms with E-state index >= 15 is 0 Å². The predicted octanol–water partition coefficient (Wildman–Crippen LogP) is 4.25. The highest BCUT2D eigenvalue weighted by Gasteiger charge is 2.10. The van der Waals surface area contributed by atoms with Gasteiger partial charge in [0, 0.05) is 18.0 Å². The summed E-state index contributed by atoms with van der Waals surface area (Å²) in [7, 11) is 3.33. The zero-order valence-electron chi connectivity index (χ0n) is 17.2. The molecule has 0 amide bonds. The Morgan fingerprint density at radius 1 is 0.700 bits per heavy atom. The average molecular weight is 400 g/mol. The minimum atomic E-state index is 0.684. The number of methoxy groups -OCH3 is 2. The van der Waals surface area contributed by atoms with Gasteiger partial charge in [-0.15, -0.1) is 0 Å². The number of hydrogen-bond acceptors (Lipinski definition) is 4.